The van der Waals surface area contributed by atoms with E-state index < -0.39 is 0 Å². The van der Waals surface area contributed by atoms with Gasteiger partial charge in [-0.3, -0.25) is 19.4 Å². The maximum absolute atomic E-state index is 12.9. The summed E-state index contributed by atoms with van der Waals surface area (Å²) in [4.78, 5) is 24.2. The van der Waals surface area contributed by atoms with Gasteiger partial charge in [-0.15, -0.1) is 0 Å². The molecule has 0 radical (unpaired) electrons. The second kappa shape index (κ2) is 8.88. The van der Waals surface area contributed by atoms with Gasteiger partial charge in [0.2, 0.25) is 0 Å². The summed E-state index contributed by atoms with van der Waals surface area (Å²) in [5, 5.41) is 9.21. The Kier molecular flexibility index (Phi) is 5.64. The minimum absolute atomic E-state index is 0.178. The molecule has 3 aromatic heterocycles. The van der Waals surface area contributed by atoms with E-state index in [0.717, 1.165) is 47.2 Å². The number of fused-ring (bicyclic) bond motifs is 1. The lowest BCUT2D eigenvalue weighted by atomic mass is 10.1. The first kappa shape index (κ1) is 20.3. The highest BCUT2D eigenvalue weighted by Crippen LogP contribution is 2.25. The van der Waals surface area contributed by atoms with E-state index in [9.17, 15) is 4.79 Å². The molecule has 0 aliphatic carbocycles. The lowest BCUT2D eigenvalue weighted by Gasteiger charge is -2.25. The number of anilines is 1. The largest absolute Gasteiger partial charge is 0.307 e. The van der Waals surface area contributed by atoms with Gasteiger partial charge in [0.15, 0.2) is 0 Å². The molecule has 0 spiro atoms. The number of carbonyl (C=O) groups is 1. The molecule has 0 unspecified atom stereocenters. The van der Waals surface area contributed by atoms with Gasteiger partial charge in [0, 0.05) is 48.7 Å². The molecular weight excluding hydrogens is 400 g/mol. The minimum Gasteiger partial charge on any atom is -0.307 e. The van der Waals surface area contributed by atoms with Crippen molar-refractivity contribution in [2.24, 2.45) is 7.05 Å². The molecule has 1 saturated heterocycles. The monoisotopic (exact) mass is 426 g/mol. The molecule has 1 aromatic carbocycles. The van der Waals surface area contributed by atoms with Gasteiger partial charge in [-0.25, -0.2) is 4.98 Å². The molecule has 5 rings (SSSR count). The smallest absolute Gasteiger partial charge is 0.256 e. The number of likely N-dealkylation sites (tertiary alicyclic amines) is 1. The number of benzene rings is 1. The van der Waals surface area contributed by atoms with Crippen molar-refractivity contribution in [2.45, 2.75) is 25.8 Å². The summed E-state index contributed by atoms with van der Waals surface area (Å²) in [5.41, 5.74) is 3.64. The van der Waals surface area contributed by atoms with Crippen molar-refractivity contribution < 1.29 is 4.79 Å². The molecule has 0 atom stereocenters. The highest BCUT2D eigenvalue weighted by molar-refractivity contribution is 6.04. The van der Waals surface area contributed by atoms with Crippen LogP contribution in [0, 0.1) is 0 Å². The molecule has 0 bridgehead atoms. The number of carbonyl (C=O) groups excluding carboxylic acids is 1. The zero-order valence-corrected chi connectivity index (χ0v) is 18.2. The zero-order valence-electron chi connectivity index (χ0n) is 18.2. The Morgan fingerprint density at radius 3 is 2.66 bits per heavy atom. The summed E-state index contributed by atoms with van der Waals surface area (Å²) in [6, 6.07) is 11.7. The average Bonchev–Trinajstić information content (AvgIpc) is 3.26. The maximum Gasteiger partial charge on any atom is 0.256 e. The third-order valence-corrected chi connectivity index (χ3v) is 5.91. The van der Waals surface area contributed by atoms with Crippen LogP contribution < -0.4 is 5.32 Å². The summed E-state index contributed by atoms with van der Waals surface area (Å²) in [6.45, 7) is 2.98. The maximum atomic E-state index is 12.9. The van der Waals surface area contributed by atoms with E-state index in [1.807, 2.05) is 37.6 Å². The van der Waals surface area contributed by atoms with Crippen LogP contribution in [0.1, 0.15) is 35.3 Å². The fraction of sp³-hybridized carbons (Fsp3) is 0.280. The molecule has 1 fully saturated rings. The summed E-state index contributed by atoms with van der Waals surface area (Å²) in [5.74, 6) is 0.350. The summed E-state index contributed by atoms with van der Waals surface area (Å²) >= 11 is 0. The highest BCUT2D eigenvalue weighted by Gasteiger charge is 2.13. The van der Waals surface area contributed by atoms with Crippen molar-refractivity contribution in [1.82, 2.24) is 24.6 Å². The molecule has 32 heavy (non-hydrogen) atoms. The number of pyridine rings is 2. The van der Waals surface area contributed by atoms with Crippen LogP contribution in [-0.2, 0) is 13.6 Å². The molecule has 7 nitrogen and oxygen atoms in total. The van der Waals surface area contributed by atoms with Gasteiger partial charge < -0.3 is 5.32 Å². The lowest BCUT2D eigenvalue weighted by Crippen LogP contribution is -2.29. The lowest BCUT2D eigenvalue weighted by molar-refractivity contribution is 0.102. The number of nitrogens with one attached hydrogen (secondary N) is 1. The van der Waals surface area contributed by atoms with Crippen molar-refractivity contribution >= 4 is 22.5 Å². The van der Waals surface area contributed by atoms with Gasteiger partial charge in [0.05, 0.1) is 11.9 Å². The van der Waals surface area contributed by atoms with Crippen LogP contribution in [0.2, 0.25) is 0 Å². The van der Waals surface area contributed by atoms with Crippen molar-refractivity contribution in [3.8, 4) is 11.1 Å². The summed E-state index contributed by atoms with van der Waals surface area (Å²) in [6.07, 6.45) is 11.1. The van der Waals surface area contributed by atoms with E-state index in [-0.39, 0.29) is 5.91 Å². The molecule has 1 aliphatic heterocycles. The van der Waals surface area contributed by atoms with E-state index in [1.54, 1.807) is 23.1 Å². The van der Waals surface area contributed by atoms with Gasteiger partial charge in [-0.05, 0) is 61.1 Å². The fourth-order valence-corrected chi connectivity index (χ4v) is 4.20. The SMILES string of the molecule is Cn1cc(-c2ccc3cnc(NC(=O)c4ccnc(CN5CCCCC5)c4)cc3c2)cn1. The average molecular weight is 427 g/mol. The fourth-order valence-electron chi connectivity index (χ4n) is 4.20. The van der Waals surface area contributed by atoms with Gasteiger partial charge in [-0.1, -0.05) is 18.6 Å². The molecule has 4 aromatic rings. The Morgan fingerprint density at radius 2 is 1.84 bits per heavy atom. The second-order valence-corrected chi connectivity index (χ2v) is 8.36. The van der Waals surface area contributed by atoms with E-state index in [2.05, 4.69) is 37.4 Å². The van der Waals surface area contributed by atoms with Crippen molar-refractivity contribution in [3.63, 3.8) is 0 Å². The van der Waals surface area contributed by atoms with Crippen LogP contribution >= 0.6 is 0 Å². The molecule has 7 heteroatoms. The van der Waals surface area contributed by atoms with E-state index >= 15 is 0 Å². The van der Waals surface area contributed by atoms with Gasteiger partial charge >= 0.3 is 0 Å². The van der Waals surface area contributed by atoms with Crippen LogP contribution in [-0.4, -0.2) is 43.6 Å². The number of aromatic nitrogens is 4. The third kappa shape index (κ3) is 4.53. The number of nitrogens with zero attached hydrogens (tertiary/aromatic N) is 5. The number of hydrogen-bond acceptors (Lipinski definition) is 5. The second-order valence-electron chi connectivity index (χ2n) is 8.36. The Morgan fingerprint density at radius 1 is 0.969 bits per heavy atom. The summed E-state index contributed by atoms with van der Waals surface area (Å²) < 4.78 is 1.78. The van der Waals surface area contributed by atoms with Crippen molar-refractivity contribution in [1.29, 1.82) is 0 Å². The first-order chi connectivity index (χ1) is 15.6. The molecule has 1 aliphatic rings. The third-order valence-electron chi connectivity index (χ3n) is 5.91. The number of rotatable bonds is 5. The van der Waals surface area contributed by atoms with Crippen LogP contribution in [0.4, 0.5) is 5.82 Å². The van der Waals surface area contributed by atoms with Gasteiger partial charge in [0.25, 0.3) is 5.91 Å². The number of hydrogen-bond donors (Lipinski definition) is 1. The Balaban J connectivity index is 1.33. The first-order valence-electron chi connectivity index (χ1n) is 11.0. The normalized spacial score (nSPS) is 14.5. The first-order valence-corrected chi connectivity index (χ1v) is 11.0. The van der Waals surface area contributed by atoms with Crippen LogP contribution in [0.5, 0.6) is 0 Å². The molecule has 1 N–H and O–H groups in total. The minimum atomic E-state index is -0.178. The van der Waals surface area contributed by atoms with Crippen LogP contribution in [0.3, 0.4) is 0 Å². The van der Waals surface area contributed by atoms with Crippen LogP contribution in [0.25, 0.3) is 21.9 Å². The number of amides is 1. The zero-order chi connectivity index (χ0) is 21.9. The number of piperidine rings is 1. The van der Waals surface area contributed by atoms with E-state index in [0.29, 0.717) is 11.4 Å². The molecule has 162 valence electrons. The molecule has 1 amide bonds. The Hall–Kier alpha value is -3.58. The number of aryl methyl sites for hydroxylation is 1. The Bertz CT molecular complexity index is 1260. The van der Waals surface area contributed by atoms with Crippen LogP contribution in [0.15, 0.2) is 61.2 Å². The van der Waals surface area contributed by atoms with Crippen molar-refractivity contribution in [3.05, 3.63) is 72.4 Å². The van der Waals surface area contributed by atoms with E-state index in [4.69, 9.17) is 0 Å². The predicted octanol–water partition coefficient (Wildman–Crippen LogP) is 4.27. The van der Waals surface area contributed by atoms with Gasteiger partial charge in [-0.2, -0.15) is 5.10 Å². The Labute approximate surface area is 187 Å². The molecular formula is C25H26N6O. The highest BCUT2D eigenvalue weighted by atomic mass is 16.1. The van der Waals surface area contributed by atoms with E-state index in [1.165, 1.54) is 19.3 Å². The predicted molar refractivity (Wildman–Crippen MR) is 125 cm³/mol. The summed E-state index contributed by atoms with van der Waals surface area (Å²) in [7, 11) is 1.90. The molecule has 4 heterocycles. The molecule has 0 saturated carbocycles. The van der Waals surface area contributed by atoms with Gasteiger partial charge in [0.1, 0.15) is 5.82 Å². The quantitative estimate of drug-likeness (QED) is 0.516. The standard InChI is InChI=1S/C25H26N6O/c1-30-16-22(15-28-30)18-5-6-20-14-27-24(13-21(20)11-18)29-25(32)19-7-8-26-23(12-19)17-31-9-3-2-4-10-31/h5-8,11-16H,2-4,9-10,17H2,1H3,(H,27,29,32). The van der Waals surface area contributed by atoms with Crippen molar-refractivity contribution in [2.75, 3.05) is 18.4 Å². The topological polar surface area (TPSA) is 75.9 Å².